The van der Waals surface area contributed by atoms with E-state index in [4.69, 9.17) is 10.5 Å². The van der Waals surface area contributed by atoms with E-state index in [1.807, 2.05) is 0 Å². The van der Waals surface area contributed by atoms with Crippen LogP contribution in [0.3, 0.4) is 0 Å². The maximum absolute atomic E-state index is 14.8. The van der Waals surface area contributed by atoms with E-state index in [1.54, 1.807) is 23.4 Å². The van der Waals surface area contributed by atoms with Crippen LogP contribution in [0.1, 0.15) is 23.7 Å². The highest BCUT2D eigenvalue weighted by Crippen LogP contribution is 2.26. The SMILES string of the molecule is CCOC(=O)c1cn(-c2nccs2)c2nc(N3CC[C@@H](N)C3)c(F)cc2c1=O. The predicted molar refractivity (Wildman–Crippen MR) is 104 cm³/mol. The Balaban J connectivity index is 1.97. The third-order valence-corrected chi connectivity index (χ3v) is 5.33. The molecule has 0 unspecified atom stereocenters. The summed E-state index contributed by atoms with van der Waals surface area (Å²) in [6, 6.07) is 1.07. The molecule has 28 heavy (non-hydrogen) atoms. The minimum Gasteiger partial charge on any atom is -0.462 e. The van der Waals surface area contributed by atoms with Gasteiger partial charge in [0.2, 0.25) is 5.43 Å². The highest BCUT2D eigenvalue weighted by Gasteiger charge is 2.26. The molecule has 0 aliphatic carbocycles. The van der Waals surface area contributed by atoms with Crippen molar-refractivity contribution < 1.29 is 13.9 Å². The Kier molecular flexibility index (Phi) is 4.82. The summed E-state index contributed by atoms with van der Waals surface area (Å²) < 4.78 is 21.3. The number of nitrogens with two attached hydrogens (primary N) is 1. The Hall–Kier alpha value is -2.85. The van der Waals surface area contributed by atoms with Crippen LogP contribution in [0.4, 0.5) is 10.2 Å². The topological polar surface area (TPSA) is 103 Å². The van der Waals surface area contributed by atoms with Crippen molar-refractivity contribution in [2.75, 3.05) is 24.6 Å². The Morgan fingerprint density at radius 2 is 2.32 bits per heavy atom. The van der Waals surface area contributed by atoms with Gasteiger partial charge in [0, 0.05) is 36.9 Å². The quantitative estimate of drug-likeness (QED) is 0.661. The van der Waals surface area contributed by atoms with Gasteiger partial charge in [-0.05, 0) is 19.4 Å². The summed E-state index contributed by atoms with van der Waals surface area (Å²) >= 11 is 1.30. The summed E-state index contributed by atoms with van der Waals surface area (Å²) in [4.78, 5) is 35.5. The second-order valence-electron chi connectivity index (χ2n) is 6.44. The van der Waals surface area contributed by atoms with Gasteiger partial charge in [-0.25, -0.2) is 19.2 Å². The van der Waals surface area contributed by atoms with E-state index in [-0.39, 0.29) is 35.1 Å². The average Bonchev–Trinajstić information content (AvgIpc) is 3.34. The summed E-state index contributed by atoms with van der Waals surface area (Å²) in [6.45, 7) is 2.83. The molecular formula is C18H18FN5O3S. The van der Waals surface area contributed by atoms with Crippen molar-refractivity contribution in [1.29, 1.82) is 0 Å². The Bertz CT molecular complexity index is 1100. The van der Waals surface area contributed by atoms with Crippen LogP contribution in [0, 0.1) is 5.82 Å². The van der Waals surface area contributed by atoms with Crippen LogP contribution in [-0.4, -0.2) is 46.2 Å². The number of thiazole rings is 1. The van der Waals surface area contributed by atoms with E-state index in [0.29, 0.717) is 18.2 Å². The molecule has 1 fully saturated rings. The summed E-state index contributed by atoms with van der Waals surface area (Å²) in [5.41, 5.74) is 5.34. The van der Waals surface area contributed by atoms with Crippen molar-refractivity contribution in [3.05, 3.63) is 45.4 Å². The molecule has 2 N–H and O–H groups in total. The number of esters is 1. The first-order valence-corrected chi connectivity index (χ1v) is 9.71. The minimum atomic E-state index is -0.769. The molecule has 146 valence electrons. The van der Waals surface area contributed by atoms with Crippen LogP contribution in [0.15, 0.2) is 28.6 Å². The molecule has 1 aliphatic heterocycles. The number of nitrogens with zero attached hydrogens (tertiary/aromatic N) is 4. The van der Waals surface area contributed by atoms with E-state index in [0.717, 1.165) is 12.5 Å². The lowest BCUT2D eigenvalue weighted by atomic mass is 10.2. The van der Waals surface area contributed by atoms with Crippen molar-refractivity contribution in [3.8, 4) is 5.13 Å². The lowest BCUT2D eigenvalue weighted by molar-refractivity contribution is 0.0524. The van der Waals surface area contributed by atoms with Crippen LogP contribution in [0.25, 0.3) is 16.2 Å². The number of carbonyl (C=O) groups is 1. The smallest absolute Gasteiger partial charge is 0.343 e. The number of pyridine rings is 2. The van der Waals surface area contributed by atoms with Gasteiger partial charge in [0.05, 0.1) is 12.0 Å². The molecule has 0 aromatic carbocycles. The minimum absolute atomic E-state index is 0.00880. The summed E-state index contributed by atoms with van der Waals surface area (Å²) in [5.74, 6) is -1.27. The average molecular weight is 403 g/mol. The van der Waals surface area contributed by atoms with E-state index < -0.39 is 17.2 Å². The predicted octanol–water partition coefficient (Wildman–Crippen LogP) is 1.70. The van der Waals surface area contributed by atoms with Gasteiger partial charge in [0.25, 0.3) is 0 Å². The molecule has 8 nitrogen and oxygen atoms in total. The van der Waals surface area contributed by atoms with Crippen LogP contribution >= 0.6 is 11.3 Å². The van der Waals surface area contributed by atoms with E-state index >= 15 is 0 Å². The number of hydrogen-bond acceptors (Lipinski definition) is 8. The van der Waals surface area contributed by atoms with Crippen LogP contribution in [0.2, 0.25) is 0 Å². The molecular weight excluding hydrogens is 385 g/mol. The summed E-state index contributed by atoms with van der Waals surface area (Å²) in [7, 11) is 0. The fraction of sp³-hybridized carbons (Fsp3) is 0.333. The molecule has 3 aromatic rings. The van der Waals surface area contributed by atoms with Crippen molar-refractivity contribution >= 4 is 34.2 Å². The number of hydrogen-bond donors (Lipinski definition) is 1. The molecule has 0 saturated carbocycles. The molecule has 3 aromatic heterocycles. The molecule has 4 heterocycles. The third-order valence-electron chi connectivity index (χ3n) is 4.56. The summed E-state index contributed by atoms with van der Waals surface area (Å²) in [6.07, 6.45) is 3.68. The van der Waals surface area contributed by atoms with Gasteiger partial charge in [-0.1, -0.05) is 0 Å². The first-order valence-electron chi connectivity index (χ1n) is 8.83. The Morgan fingerprint density at radius 3 is 2.96 bits per heavy atom. The molecule has 1 atom stereocenters. The van der Waals surface area contributed by atoms with Gasteiger partial charge in [0.1, 0.15) is 5.56 Å². The number of fused-ring (bicyclic) bond motifs is 1. The second kappa shape index (κ2) is 7.28. The van der Waals surface area contributed by atoms with Gasteiger partial charge >= 0.3 is 5.97 Å². The Morgan fingerprint density at radius 1 is 1.50 bits per heavy atom. The molecule has 0 bridgehead atoms. The maximum Gasteiger partial charge on any atom is 0.343 e. The maximum atomic E-state index is 14.8. The van der Waals surface area contributed by atoms with Gasteiger partial charge in [-0.2, -0.15) is 0 Å². The zero-order valence-corrected chi connectivity index (χ0v) is 15.9. The number of aromatic nitrogens is 3. The number of rotatable bonds is 4. The molecule has 1 aliphatic rings. The number of halogens is 1. The monoisotopic (exact) mass is 403 g/mol. The van der Waals surface area contributed by atoms with Gasteiger partial charge in [-0.15, -0.1) is 11.3 Å². The first kappa shape index (κ1) is 18.5. The molecule has 0 radical (unpaired) electrons. The molecule has 0 spiro atoms. The standard InChI is InChI=1S/C18H18FN5O3S/c1-2-27-17(26)12-9-24(18-21-4-6-28-18)15-11(14(12)25)7-13(19)16(22-15)23-5-3-10(20)8-23/h4,6-7,9-10H,2-3,5,8,20H2,1H3/t10-/m1/s1. The zero-order valence-electron chi connectivity index (χ0n) is 15.1. The van der Waals surface area contributed by atoms with E-state index in [1.165, 1.54) is 22.1 Å². The highest BCUT2D eigenvalue weighted by molar-refractivity contribution is 7.12. The van der Waals surface area contributed by atoms with Crippen molar-refractivity contribution in [2.45, 2.75) is 19.4 Å². The van der Waals surface area contributed by atoms with Crippen LogP contribution in [0.5, 0.6) is 0 Å². The fourth-order valence-electron chi connectivity index (χ4n) is 3.25. The molecule has 1 saturated heterocycles. The third kappa shape index (κ3) is 3.14. The highest BCUT2D eigenvalue weighted by atomic mass is 32.1. The largest absolute Gasteiger partial charge is 0.462 e. The Labute approximate surface area is 163 Å². The van der Waals surface area contributed by atoms with Crippen LogP contribution in [-0.2, 0) is 4.74 Å². The number of ether oxygens (including phenoxy) is 1. The summed E-state index contributed by atoms with van der Waals surface area (Å²) in [5, 5.41) is 2.25. The van der Waals surface area contributed by atoms with Gasteiger partial charge in [-0.3, -0.25) is 9.36 Å². The van der Waals surface area contributed by atoms with Crippen molar-refractivity contribution in [2.24, 2.45) is 5.73 Å². The molecule has 4 rings (SSSR count). The first-order chi connectivity index (χ1) is 13.5. The lowest BCUT2D eigenvalue weighted by Gasteiger charge is -2.19. The second-order valence-corrected chi connectivity index (χ2v) is 7.31. The van der Waals surface area contributed by atoms with Crippen molar-refractivity contribution in [3.63, 3.8) is 0 Å². The van der Waals surface area contributed by atoms with Gasteiger partial charge < -0.3 is 15.4 Å². The zero-order chi connectivity index (χ0) is 19.8. The van der Waals surface area contributed by atoms with E-state index in [9.17, 15) is 14.0 Å². The van der Waals surface area contributed by atoms with Crippen molar-refractivity contribution in [1.82, 2.24) is 14.5 Å². The molecule has 0 amide bonds. The fourth-order valence-corrected chi connectivity index (χ4v) is 3.87. The van der Waals surface area contributed by atoms with E-state index in [2.05, 4.69) is 9.97 Å². The van der Waals surface area contributed by atoms with Gasteiger partial charge in [0.15, 0.2) is 22.4 Å². The normalized spacial score (nSPS) is 16.7. The lowest BCUT2D eigenvalue weighted by Crippen LogP contribution is -2.28. The number of anilines is 1. The number of carbonyl (C=O) groups excluding carboxylic acids is 1. The molecule has 10 heteroatoms. The van der Waals surface area contributed by atoms with Crippen LogP contribution < -0.4 is 16.1 Å².